The van der Waals surface area contributed by atoms with Crippen molar-refractivity contribution in [2.75, 3.05) is 11.5 Å². The van der Waals surface area contributed by atoms with E-state index < -0.39 is 15.9 Å². The average molecular weight is 178 g/mol. The van der Waals surface area contributed by atoms with Crippen LogP contribution in [0.25, 0.3) is 0 Å². The van der Waals surface area contributed by atoms with Crippen LogP contribution in [-0.4, -0.2) is 31.1 Å². The van der Waals surface area contributed by atoms with Gasteiger partial charge in [0.25, 0.3) is 0 Å². The molecule has 1 fully saturated rings. The molecule has 1 saturated heterocycles. The SMILES string of the molecule is CCC(O)C1CCS(=O)(=O)C1. The van der Waals surface area contributed by atoms with Gasteiger partial charge in [0.15, 0.2) is 9.84 Å². The van der Waals surface area contributed by atoms with Gasteiger partial charge in [-0.05, 0) is 18.8 Å². The molecule has 0 aromatic rings. The Labute approximate surface area is 67.3 Å². The fourth-order valence-corrected chi connectivity index (χ4v) is 3.33. The van der Waals surface area contributed by atoms with E-state index in [1.807, 2.05) is 6.92 Å². The van der Waals surface area contributed by atoms with E-state index in [2.05, 4.69) is 0 Å². The molecule has 0 aromatic heterocycles. The summed E-state index contributed by atoms with van der Waals surface area (Å²) >= 11 is 0. The Hall–Kier alpha value is -0.0900. The number of aliphatic hydroxyl groups excluding tert-OH is 1. The van der Waals surface area contributed by atoms with E-state index in [0.29, 0.717) is 12.8 Å². The summed E-state index contributed by atoms with van der Waals surface area (Å²) in [4.78, 5) is 0. The second-order valence-corrected chi connectivity index (χ2v) is 5.37. The molecule has 1 aliphatic rings. The smallest absolute Gasteiger partial charge is 0.150 e. The molecule has 0 saturated carbocycles. The minimum absolute atomic E-state index is 0.00926. The minimum atomic E-state index is -2.81. The molecule has 1 N–H and O–H groups in total. The highest BCUT2D eigenvalue weighted by Gasteiger charge is 2.31. The van der Waals surface area contributed by atoms with Gasteiger partial charge < -0.3 is 5.11 Å². The predicted molar refractivity (Wildman–Crippen MR) is 43.1 cm³/mol. The van der Waals surface area contributed by atoms with Gasteiger partial charge in [-0.1, -0.05) is 6.92 Å². The van der Waals surface area contributed by atoms with Crippen molar-refractivity contribution < 1.29 is 13.5 Å². The van der Waals surface area contributed by atoms with Crippen LogP contribution in [0.15, 0.2) is 0 Å². The van der Waals surface area contributed by atoms with Crippen LogP contribution in [-0.2, 0) is 9.84 Å². The standard InChI is InChI=1S/C7H14O3S/c1-2-7(8)6-3-4-11(9,10)5-6/h6-8H,2-5H2,1H3. The lowest BCUT2D eigenvalue weighted by Crippen LogP contribution is -2.20. The Morgan fingerprint density at radius 1 is 1.64 bits per heavy atom. The highest BCUT2D eigenvalue weighted by atomic mass is 32.2. The van der Waals surface area contributed by atoms with Crippen LogP contribution in [0.5, 0.6) is 0 Å². The molecular formula is C7H14O3S. The summed E-state index contributed by atoms with van der Waals surface area (Å²) in [6.45, 7) is 1.87. The highest BCUT2D eigenvalue weighted by Crippen LogP contribution is 2.22. The van der Waals surface area contributed by atoms with Gasteiger partial charge in [0.1, 0.15) is 0 Å². The molecule has 1 aliphatic heterocycles. The third-order valence-electron chi connectivity index (χ3n) is 2.23. The van der Waals surface area contributed by atoms with Crippen LogP contribution in [0.3, 0.4) is 0 Å². The fraction of sp³-hybridized carbons (Fsp3) is 1.00. The summed E-state index contributed by atoms with van der Waals surface area (Å²) in [5, 5.41) is 9.33. The zero-order valence-corrected chi connectivity index (χ0v) is 7.47. The second-order valence-electron chi connectivity index (χ2n) is 3.14. The van der Waals surface area contributed by atoms with E-state index in [1.165, 1.54) is 0 Å². The molecule has 4 heteroatoms. The van der Waals surface area contributed by atoms with Gasteiger partial charge in [-0.15, -0.1) is 0 Å². The molecule has 1 heterocycles. The van der Waals surface area contributed by atoms with Crippen molar-refractivity contribution in [3.8, 4) is 0 Å². The van der Waals surface area contributed by atoms with Gasteiger partial charge in [0, 0.05) is 0 Å². The van der Waals surface area contributed by atoms with E-state index in [0.717, 1.165) is 0 Å². The molecule has 3 nitrogen and oxygen atoms in total. The lowest BCUT2D eigenvalue weighted by molar-refractivity contribution is 0.116. The molecule has 0 spiro atoms. The summed E-state index contributed by atoms with van der Waals surface area (Å²) in [5.41, 5.74) is 0. The topological polar surface area (TPSA) is 54.4 Å². The van der Waals surface area contributed by atoms with Crippen molar-refractivity contribution >= 4 is 9.84 Å². The Morgan fingerprint density at radius 3 is 2.64 bits per heavy atom. The Bertz CT molecular complexity index is 220. The lowest BCUT2D eigenvalue weighted by Gasteiger charge is -2.13. The van der Waals surface area contributed by atoms with Crippen molar-refractivity contribution in [1.29, 1.82) is 0 Å². The fourth-order valence-electron chi connectivity index (χ4n) is 1.46. The first-order valence-corrected chi connectivity index (χ1v) is 5.76. The molecule has 2 atom stereocenters. The monoisotopic (exact) mass is 178 g/mol. The van der Waals surface area contributed by atoms with Crippen molar-refractivity contribution in [3.63, 3.8) is 0 Å². The Balaban J connectivity index is 2.55. The number of hydrogen-bond donors (Lipinski definition) is 1. The average Bonchev–Trinajstić information content (AvgIpc) is 2.29. The van der Waals surface area contributed by atoms with Crippen LogP contribution in [0, 0.1) is 5.92 Å². The van der Waals surface area contributed by atoms with Gasteiger partial charge >= 0.3 is 0 Å². The van der Waals surface area contributed by atoms with Gasteiger partial charge in [0.2, 0.25) is 0 Å². The molecule has 0 aromatic carbocycles. The van der Waals surface area contributed by atoms with Crippen molar-refractivity contribution in [1.82, 2.24) is 0 Å². The third-order valence-corrected chi connectivity index (χ3v) is 4.02. The van der Waals surface area contributed by atoms with Gasteiger partial charge in [-0.3, -0.25) is 0 Å². The molecule has 0 aliphatic carbocycles. The van der Waals surface area contributed by atoms with Gasteiger partial charge in [-0.25, -0.2) is 8.42 Å². The molecule has 2 unspecified atom stereocenters. The molecule has 1 rings (SSSR count). The highest BCUT2D eigenvalue weighted by molar-refractivity contribution is 7.91. The lowest BCUT2D eigenvalue weighted by atomic mass is 10.0. The second kappa shape index (κ2) is 3.11. The van der Waals surface area contributed by atoms with Crippen LogP contribution in [0.1, 0.15) is 19.8 Å². The number of hydrogen-bond acceptors (Lipinski definition) is 3. The van der Waals surface area contributed by atoms with Gasteiger partial charge in [-0.2, -0.15) is 0 Å². The largest absolute Gasteiger partial charge is 0.393 e. The normalized spacial score (nSPS) is 32.0. The summed E-state index contributed by atoms with van der Waals surface area (Å²) < 4.78 is 21.9. The third kappa shape index (κ3) is 2.17. The quantitative estimate of drug-likeness (QED) is 0.657. The molecule has 0 bridgehead atoms. The van der Waals surface area contributed by atoms with Gasteiger partial charge in [0.05, 0.1) is 17.6 Å². The zero-order valence-electron chi connectivity index (χ0n) is 6.66. The Kier molecular flexibility index (Phi) is 2.54. The maximum atomic E-state index is 11.0. The molecule has 11 heavy (non-hydrogen) atoms. The summed E-state index contributed by atoms with van der Waals surface area (Å²) in [6, 6.07) is 0. The molecule has 0 radical (unpaired) electrons. The Morgan fingerprint density at radius 2 is 2.27 bits per heavy atom. The molecule has 66 valence electrons. The first kappa shape index (κ1) is 9.00. The van der Waals surface area contributed by atoms with E-state index in [1.54, 1.807) is 0 Å². The summed E-state index contributed by atoms with van der Waals surface area (Å²) in [7, 11) is -2.81. The maximum Gasteiger partial charge on any atom is 0.150 e. The molecule has 0 amide bonds. The van der Waals surface area contributed by atoms with Crippen molar-refractivity contribution in [3.05, 3.63) is 0 Å². The molecular weight excluding hydrogens is 164 g/mol. The number of sulfone groups is 1. The maximum absolute atomic E-state index is 11.0. The first-order valence-electron chi connectivity index (χ1n) is 3.93. The zero-order chi connectivity index (χ0) is 8.48. The minimum Gasteiger partial charge on any atom is -0.393 e. The number of aliphatic hydroxyl groups is 1. The summed E-state index contributed by atoms with van der Waals surface area (Å²) in [6.07, 6.45) is 0.865. The van der Waals surface area contributed by atoms with E-state index in [-0.39, 0.29) is 17.4 Å². The first-order chi connectivity index (χ1) is 5.05. The van der Waals surface area contributed by atoms with Crippen LogP contribution in [0.2, 0.25) is 0 Å². The van der Waals surface area contributed by atoms with E-state index >= 15 is 0 Å². The number of rotatable bonds is 2. The van der Waals surface area contributed by atoms with Crippen LogP contribution < -0.4 is 0 Å². The van der Waals surface area contributed by atoms with Crippen LogP contribution in [0.4, 0.5) is 0 Å². The van der Waals surface area contributed by atoms with Crippen LogP contribution >= 0.6 is 0 Å². The summed E-state index contributed by atoms with van der Waals surface area (Å²) in [5.74, 6) is 0.432. The van der Waals surface area contributed by atoms with E-state index in [4.69, 9.17) is 0 Å². The van der Waals surface area contributed by atoms with Crippen molar-refractivity contribution in [2.45, 2.75) is 25.9 Å². The van der Waals surface area contributed by atoms with E-state index in [9.17, 15) is 13.5 Å². The predicted octanol–water partition coefficient (Wildman–Crippen LogP) is 0.192. The van der Waals surface area contributed by atoms with Crippen molar-refractivity contribution in [2.24, 2.45) is 5.92 Å².